The van der Waals surface area contributed by atoms with Crippen LogP contribution in [0.15, 0.2) is 11.6 Å². The smallest absolute Gasteiger partial charge is 0.330 e. The molecule has 2 atom stereocenters. The van der Waals surface area contributed by atoms with Crippen molar-refractivity contribution in [2.45, 2.75) is 20.8 Å². The van der Waals surface area contributed by atoms with Gasteiger partial charge in [0.1, 0.15) is 0 Å². The van der Waals surface area contributed by atoms with Gasteiger partial charge in [-0.15, -0.1) is 0 Å². The van der Waals surface area contributed by atoms with Crippen molar-refractivity contribution in [1.29, 1.82) is 0 Å². The lowest BCUT2D eigenvalue weighted by molar-refractivity contribution is -0.139. The molecular formula is C10H14O4. The minimum absolute atomic E-state index is 0.156. The van der Waals surface area contributed by atoms with Crippen LogP contribution in [0.4, 0.5) is 0 Å². The molecule has 0 heterocycles. The Bertz CT molecular complexity index is 314. The van der Waals surface area contributed by atoms with Crippen LogP contribution >= 0.6 is 0 Å². The summed E-state index contributed by atoms with van der Waals surface area (Å²) in [5, 5.41) is 17.5. The second kappa shape index (κ2) is 3.12. The van der Waals surface area contributed by atoms with Gasteiger partial charge in [-0.2, -0.15) is 0 Å². The van der Waals surface area contributed by atoms with Crippen LogP contribution in [0.3, 0.4) is 0 Å². The van der Waals surface area contributed by atoms with Crippen LogP contribution in [0.2, 0.25) is 0 Å². The Labute approximate surface area is 82.2 Å². The zero-order valence-electron chi connectivity index (χ0n) is 8.44. The van der Waals surface area contributed by atoms with E-state index in [9.17, 15) is 9.59 Å². The maximum Gasteiger partial charge on any atom is 0.330 e. The zero-order chi connectivity index (χ0) is 11.1. The monoisotopic (exact) mass is 198 g/mol. The van der Waals surface area contributed by atoms with Crippen molar-refractivity contribution < 1.29 is 19.8 Å². The van der Waals surface area contributed by atoms with Gasteiger partial charge in [0.15, 0.2) is 0 Å². The first kappa shape index (κ1) is 10.8. The van der Waals surface area contributed by atoms with E-state index in [1.54, 1.807) is 6.08 Å². The third kappa shape index (κ3) is 1.64. The summed E-state index contributed by atoms with van der Waals surface area (Å²) in [6.07, 6.45) is 1.54. The molecule has 0 saturated heterocycles. The van der Waals surface area contributed by atoms with E-state index in [2.05, 4.69) is 0 Å². The topological polar surface area (TPSA) is 74.6 Å². The van der Waals surface area contributed by atoms with Gasteiger partial charge in [-0.25, -0.2) is 4.79 Å². The van der Waals surface area contributed by atoms with Crippen molar-refractivity contribution >= 4 is 11.9 Å². The fourth-order valence-electron chi connectivity index (χ4n) is 1.80. The van der Waals surface area contributed by atoms with Crippen molar-refractivity contribution in [1.82, 2.24) is 0 Å². The van der Waals surface area contributed by atoms with Crippen LogP contribution in [0.25, 0.3) is 0 Å². The Morgan fingerprint density at radius 2 is 1.79 bits per heavy atom. The van der Waals surface area contributed by atoms with Crippen LogP contribution in [0.5, 0.6) is 0 Å². The molecule has 0 amide bonds. The number of allylic oxidation sites excluding steroid dienone is 1. The summed E-state index contributed by atoms with van der Waals surface area (Å²) in [5.74, 6) is -2.45. The van der Waals surface area contributed by atoms with Gasteiger partial charge in [-0.3, -0.25) is 4.79 Å². The Morgan fingerprint density at radius 1 is 1.29 bits per heavy atom. The second-order valence-corrected chi connectivity index (χ2v) is 4.32. The molecule has 0 radical (unpaired) electrons. The Kier molecular flexibility index (Phi) is 2.39. The van der Waals surface area contributed by atoms with Gasteiger partial charge in [0.25, 0.3) is 0 Å². The quantitative estimate of drug-likeness (QED) is 0.672. The van der Waals surface area contributed by atoms with Crippen LogP contribution in [-0.4, -0.2) is 22.2 Å². The van der Waals surface area contributed by atoms with Crippen molar-refractivity contribution in [2.24, 2.45) is 17.3 Å². The van der Waals surface area contributed by atoms with Crippen LogP contribution < -0.4 is 0 Å². The number of carbonyl (C=O) groups is 2. The summed E-state index contributed by atoms with van der Waals surface area (Å²) in [6.45, 7) is 5.15. The molecule has 1 aliphatic rings. The minimum Gasteiger partial charge on any atom is -0.481 e. The highest BCUT2D eigenvalue weighted by atomic mass is 16.4. The first-order chi connectivity index (χ1) is 6.28. The molecular weight excluding hydrogens is 184 g/mol. The van der Waals surface area contributed by atoms with Crippen molar-refractivity contribution in [3.63, 3.8) is 0 Å². The molecule has 1 saturated carbocycles. The predicted octanol–water partition coefficient (Wildman–Crippen LogP) is 1.37. The number of carboxylic acid groups (broad SMARTS) is 2. The highest BCUT2D eigenvalue weighted by molar-refractivity contribution is 5.86. The molecule has 0 aromatic heterocycles. The lowest BCUT2D eigenvalue weighted by Crippen LogP contribution is -2.03. The van der Waals surface area contributed by atoms with Crippen LogP contribution in [-0.2, 0) is 9.59 Å². The van der Waals surface area contributed by atoms with E-state index in [1.807, 2.05) is 13.8 Å². The summed E-state index contributed by atoms with van der Waals surface area (Å²) in [5.41, 5.74) is -0.102. The number of hydrogen-bond donors (Lipinski definition) is 2. The third-order valence-corrected chi connectivity index (χ3v) is 2.94. The molecule has 0 aromatic carbocycles. The summed E-state index contributed by atoms with van der Waals surface area (Å²) >= 11 is 0. The standard InChI is InChI=1S/C10H14O4/c1-5(8(11)12)4-6-7(9(13)14)10(6,2)3/h4,6-7H,1-3H3,(H,11,12)(H,13,14)/t6-,7+/m0/s1. The van der Waals surface area contributed by atoms with E-state index in [4.69, 9.17) is 10.2 Å². The maximum atomic E-state index is 10.8. The van der Waals surface area contributed by atoms with Gasteiger partial charge >= 0.3 is 11.9 Å². The van der Waals surface area contributed by atoms with Crippen molar-refractivity contribution in [2.75, 3.05) is 0 Å². The van der Waals surface area contributed by atoms with Gasteiger partial charge in [0.05, 0.1) is 5.92 Å². The normalized spacial score (nSPS) is 29.8. The molecule has 0 aromatic rings. The third-order valence-electron chi connectivity index (χ3n) is 2.94. The van der Waals surface area contributed by atoms with Gasteiger partial charge in [-0.1, -0.05) is 19.9 Å². The van der Waals surface area contributed by atoms with E-state index in [0.717, 1.165) is 0 Å². The van der Waals surface area contributed by atoms with E-state index in [1.165, 1.54) is 6.92 Å². The van der Waals surface area contributed by atoms with Crippen molar-refractivity contribution in [3.8, 4) is 0 Å². The molecule has 78 valence electrons. The molecule has 4 heteroatoms. The molecule has 1 rings (SSSR count). The van der Waals surface area contributed by atoms with Crippen molar-refractivity contribution in [3.05, 3.63) is 11.6 Å². The first-order valence-corrected chi connectivity index (χ1v) is 4.43. The van der Waals surface area contributed by atoms with Crippen LogP contribution in [0, 0.1) is 17.3 Å². The Morgan fingerprint density at radius 3 is 2.07 bits per heavy atom. The molecule has 0 spiro atoms. The van der Waals surface area contributed by atoms with E-state index < -0.39 is 17.9 Å². The average Bonchev–Trinajstić information content (AvgIpc) is 2.52. The Hall–Kier alpha value is -1.32. The average molecular weight is 198 g/mol. The molecule has 2 N–H and O–H groups in total. The van der Waals surface area contributed by atoms with Gasteiger partial charge in [0, 0.05) is 5.57 Å². The largest absolute Gasteiger partial charge is 0.481 e. The molecule has 0 aliphatic heterocycles. The Balaban J connectivity index is 2.80. The van der Waals surface area contributed by atoms with Crippen LogP contribution in [0.1, 0.15) is 20.8 Å². The summed E-state index contributed by atoms with van der Waals surface area (Å²) < 4.78 is 0. The number of carboxylic acids is 2. The lowest BCUT2D eigenvalue weighted by Gasteiger charge is -1.97. The second-order valence-electron chi connectivity index (χ2n) is 4.32. The predicted molar refractivity (Wildman–Crippen MR) is 49.8 cm³/mol. The number of rotatable bonds is 3. The van der Waals surface area contributed by atoms with E-state index in [0.29, 0.717) is 0 Å². The number of hydrogen-bond acceptors (Lipinski definition) is 2. The summed E-state index contributed by atoms with van der Waals surface area (Å²) in [6, 6.07) is 0. The van der Waals surface area contributed by atoms with E-state index in [-0.39, 0.29) is 16.9 Å². The van der Waals surface area contributed by atoms with Gasteiger partial charge in [0.2, 0.25) is 0 Å². The van der Waals surface area contributed by atoms with E-state index >= 15 is 0 Å². The fraction of sp³-hybridized carbons (Fsp3) is 0.600. The highest BCUT2D eigenvalue weighted by Crippen LogP contribution is 2.59. The lowest BCUT2D eigenvalue weighted by atomic mass is 10.1. The van der Waals surface area contributed by atoms with Gasteiger partial charge < -0.3 is 10.2 Å². The highest BCUT2D eigenvalue weighted by Gasteiger charge is 2.60. The minimum atomic E-state index is -0.989. The molecule has 14 heavy (non-hydrogen) atoms. The molecule has 0 bridgehead atoms. The molecule has 0 unspecified atom stereocenters. The SMILES string of the molecule is CC(=C[C@H]1[C@H](C(=O)O)C1(C)C)C(=O)O. The zero-order valence-corrected chi connectivity index (χ0v) is 8.44. The summed E-state index contributed by atoms with van der Waals surface area (Å²) in [4.78, 5) is 21.3. The molecule has 1 fully saturated rings. The number of aliphatic carboxylic acids is 2. The fourth-order valence-corrected chi connectivity index (χ4v) is 1.80. The van der Waals surface area contributed by atoms with Gasteiger partial charge in [-0.05, 0) is 18.3 Å². The molecule has 4 nitrogen and oxygen atoms in total. The molecule has 1 aliphatic carbocycles. The first-order valence-electron chi connectivity index (χ1n) is 4.43. The summed E-state index contributed by atoms with van der Waals surface area (Å²) in [7, 11) is 0. The maximum absolute atomic E-state index is 10.8.